The highest BCUT2D eigenvalue weighted by Crippen LogP contribution is 2.51. The van der Waals surface area contributed by atoms with Gasteiger partial charge in [-0.2, -0.15) is 0 Å². The second-order valence-electron chi connectivity index (χ2n) is 5.78. The molecule has 5 heteroatoms. The minimum atomic E-state index is -0.554. The molecule has 0 saturated carbocycles. The van der Waals surface area contributed by atoms with E-state index in [2.05, 4.69) is 28.6 Å². The van der Waals surface area contributed by atoms with Crippen molar-refractivity contribution in [1.29, 1.82) is 0 Å². The number of aliphatic hydroxyl groups is 1. The van der Waals surface area contributed by atoms with Gasteiger partial charge in [-0.3, -0.25) is 0 Å². The molecular weight excluding hydrogens is 278 g/mol. The Balaban J connectivity index is 1.60. The quantitative estimate of drug-likeness (QED) is 0.884. The van der Waals surface area contributed by atoms with Gasteiger partial charge in [-0.15, -0.1) is 0 Å². The van der Waals surface area contributed by atoms with E-state index >= 15 is 0 Å². The van der Waals surface area contributed by atoms with Crippen LogP contribution in [-0.2, 0) is 11.3 Å². The van der Waals surface area contributed by atoms with Gasteiger partial charge in [0.2, 0.25) is 0 Å². The van der Waals surface area contributed by atoms with Crippen LogP contribution in [0.15, 0.2) is 36.8 Å². The number of nitrogens with zero attached hydrogens (tertiary/aromatic N) is 3. The number of aromatic nitrogens is 2. The number of ether oxygens (including phenoxy) is 1. The number of hydrogen-bond donors (Lipinski definition) is 1. The summed E-state index contributed by atoms with van der Waals surface area (Å²) in [4.78, 5) is 6.07. The Morgan fingerprint density at radius 3 is 3.00 bits per heavy atom. The van der Waals surface area contributed by atoms with E-state index in [1.165, 1.54) is 5.56 Å². The SMILES string of the molecule is CCn1cncc1C1OC1c1ccc2c(c1)C=CC(O)N2C. The van der Waals surface area contributed by atoms with E-state index in [0.717, 1.165) is 23.5 Å². The van der Waals surface area contributed by atoms with E-state index < -0.39 is 6.23 Å². The lowest BCUT2D eigenvalue weighted by Gasteiger charge is -2.28. The van der Waals surface area contributed by atoms with Gasteiger partial charge in [0.05, 0.1) is 18.2 Å². The maximum absolute atomic E-state index is 9.84. The smallest absolute Gasteiger partial charge is 0.146 e. The fraction of sp³-hybridized carbons (Fsp3) is 0.353. The van der Waals surface area contributed by atoms with Crippen LogP contribution < -0.4 is 4.90 Å². The van der Waals surface area contributed by atoms with Gasteiger partial charge in [0.25, 0.3) is 0 Å². The summed E-state index contributed by atoms with van der Waals surface area (Å²) >= 11 is 0. The van der Waals surface area contributed by atoms with Crippen molar-refractivity contribution < 1.29 is 9.84 Å². The standard InChI is InChI=1S/C17H19N3O2/c1-3-20-10-18-9-14(20)17-16(22-17)12-4-6-13-11(8-12)5-7-15(21)19(13)2/h4-10,15-17,21H,3H2,1-2H3. The maximum Gasteiger partial charge on any atom is 0.146 e. The first-order chi connectivity index (χ1) is 10.7. The molecule has 3 heterocycles. The zero-order chi connectivity index (χ0) is 15.3. The first kappa shape index (κ1) is 13.5. The average molecular weight is 297 g/mol. The summed E-state index contributed by atoms with van der Waals surface area (Å²) in [7, 11) is 1.89. The molecule has 0 amide bonds. The van der Waals surface area contributed by atoms with E-state index in [9.17, 15) is 5.11 Å². The van der Waals surface area contributed by atoms with Crippen molar-refractivity contribution in [2.45, 2.75) is 31.9 Å². The maximum atomic E-state index is 9.84. The molecule has 4 rings (SSSR count). The Morgan fingerprint density at radius 1 is 1.32 bits per heavy atom. The normalized spacial score (nSPS) is 26.1. The molecule has 0 aliphatic carbocycles. The van der Waals surface area contributed by atoms with E-state index in [1.807, 2.05) is 36.6 Å². The third-order valence-corrected chi connectivity index (χ3v) is 4.47. The number of anilines is 1. The predicted molar refractivity (Wildman–Crippen MR) is 84.4 cm³/mol. The highest BCUT2D eigenvalue weighted by molar-refractivity contribution is 5.72. The predicted octanol–water partition coefficient (Wildman–Crippen LogP) is 2.50. The first-order valence-corrected chi connectivity index (χ1v) is 7.57. The Labute approximate surface area is 129 Å². The zero-order valence-electron chi connectivity index (χ0n) is 12.7. The lowest BCUT2D eigenvalue weighted by atomic mass is 10.0. The van der Waals surface area contributed by atoms with Crippen LogP contribution in [0.25, 0.3) is 6.08 Å². The fourth-order valence-corrected chi connectivity index (χ4v) is 3.09. The van der Waals surface area contributed by atoms with Crippen molar-refractivity contribution in [3.63, 3.8) is 0 Å². The molecular formula is C17H19N3O2. The minimum Gasteiger partial charge on any atom is -0.370 e. The van der Waals surface area contributed by atoms with Crippen LogP contribution in [0.1, 0.15) is 36.0 Å². The van der Waals surface area contributed by atoms with Crippen molar-refractivity contribution in [3.05, 3.63) is 53.6 Å². The molecule has 1 saturated heterocycles. The van der Waals surface area contributed by atoms with Crippen LogP contribution in [0.5, 0.6) is 0 Å². The molecule has 114 valence electrons. The van der Waals surface area contributed by atoms with Crippen LogP contribution in [0.4, 0.5) is 5.69 Å². The molecule has 2 aliphatic rings. The van der Waals surface area contributed by atoms with Crippen LogP contribution >= 0.6 is 0 Å². The molecule has 0 spiro atoms. The Morgan fingerprint density at radius 2 is 2.18 bits per heavy atom. The topological polar surface area (TPSA) is 53.8 Å². The van der Waals surface area contributed by atoms with E-state index in [0.29, 0.717) is 0 Å². The minimum absolute atomic E-state index is 0.0939. The van der Waals surface area contributed by atoms with Crippen molar-refractivity contribution in [1.82, 2.24) is 9.55 Å². The summed E-state index contributed by atoms with van der Waals surface area (Å²) in [5, 5.41) is 9.84. The molecule has 1 N–H and O–H groups in total. The van der Waals surface area contributed by atoms with Gasteiger partial charge in [0.15, 0.2) is 0 Å². The second kappa shape index (κ2) is 4.97. The fourth-order valence-electron chi connectivity index (χ4n) is 3.09. The average Bonchev–Trinajstić information content (AvgIpc) is 3.19. The number of benzene rings is 1. The van der Waals surface area contributed by atoms with Gasteiger partial charge < -0.3 is 19.3 Å². The van der Waals surface area contributed by atoms with Crippen LogP contribution in [0.3, 0.4) is 0 Å². The number of aryl methyl sites for hydroxylation is 1. The van der Waals surface area contributed by atoms with E-state index in [4.69, 9.17) is 4.74 Å². The monoisotopic (exact) mass is 297 g/mol. The molecule has 2 aromatic rings. The van der Waals surface area contributed by atoms with Gasteiger partial charge in [-0.05, 0) is 36.3 Å². The van der Waals surface area contributed by atoms with Crippen molar-refractivity contribution in [2.75, 3.05) is 11.9 Å². The zero-order valence-corrected chi connectivity index (χ0v) is 12.7. The van der Waals surface area contributed by atoms with E-state index in [1.54, 1.807) is 6.08 Å². The third-order valence-electron chi connectivity index (χ3n) is 4.47. The largest absolute Gasteiger partial charge is 0.370 e. The van der Waals surface area contributed by atoms with Crippen LogP contribution in [0, 0.1) is 0 Å². The number of epoxide rings is 1. The molecule has 5 nitrogen and oxygen atoms in total. The van der Waals surface area contributed by atoms with Crippen molar-refractivity contribution in [2.24, 2.45) is 0 Å². The van der Waals surface area contributed by atoms with Gasteiger partial charge in [-0.1, -0.05) is 12.1 Å². The number of aliphatic hydroxyl groups excluding tert-OH is 1. The summed E-state index contributed by atoms with van der Waals surface area (Å²) < 4.78 is 8.00. The summed E-state index contributed by atoms with van der Waals surface area (Å²) in [5.74, 6) is 0. The van der Waals surface area contributed by atoms with Crippen molar-refractivity contribution >= 4 is 11.8 Å². The number of hydrogen-bond acceptors (Lipinski definition) is 4. The Hall–Kier alpha value is -2.11. The summed E-state index contributed by atoms with van der Waals surface area (Å²) in [6.45, 7) is 3.00. The molecule has 1 aromatic heterocycles. The summed E-state index contributed by atoms with van der Waals surface area (Å²) in [6, 6.07) is 6.28. The highest BCUT2D eigenvalue weighted by Gasteiger charge is 2.43. The number of fused-ring (bicyclic) bond motifs is 1. The number of rotatable bonds is 3. The summed E-state index contributed by atoms with van der Waals surface area (Å²) in [6.07, 6.45) is 7.13. The van der Waals surface area contributed by atoms with Gasteiger partial charge >= 0.3 is 0 Å². The van der Waals surface area contributed by atoms with E-state index in [-0.39, 0.29) is 12.2 Å². The molecule has 0 bridgehead atoms. The van der Waals surface area contributed by atoms with Crippen molar-refractivity contribution in [3.8, 4) is 0 Å². The third kappa shape index (κ3) is 2.05. The molecule has 3 atom stereocenters. The van der Waals surface area contributed by atoms with Gasteiger partial charge in [0.1, 0.15) is 18.4 Å². The lowest BCUT2D eigenvalue weighted by Crippen LogP contribution is -2.31. The molecule has 0 radical (unpaired) electrons. The molecule has 1 aromatic carbocycles. The molecule has 22 heavy (non-hydrogen) atoms. The Kier molecular flexibility index (Phi) is 3.06. The van der Waals surface area contributed by atoms with Gasteiger partial charge in [0, 0.05) is 19.3 Å². The number of imidazole rings is 1. The molecule has 1 fully saturated rings. The highest BCUT2D eigenvalue weighted by atomic mass is 16.6. The number of likely N-dealkylation sites (N-methyl/N-ethyl adjacent to an activating group) is 1. The van der Waals surface area contributed by atoms with Crippen LogP contribution in [0.2, 0.25) is 0 Å². The second-order valence-corrected chi connectivity index (χ2v) is 5.78. The first-order valence-electron chi connectivity index (χ1n) is 7.57. The lowest BCUT2D eigenvalue weighted by molar-refractivity contribution is 0.223. The van der Waals surface area contributed by atoms with Crippen LogP contribution in [-0.4, -0.2) is 27.9 Å². The molecule has 3 unspecified atom stereocenters. The van der Waals surface area contributed by atoms with Gasteiger partial charge in [-0.25, -0.2) is 4.98 Å². The molecule has 2 aliphatic heterocycles. The summed E-state index contributed by atoms with van der Waals surface area (Å²) in [5.41, 5.74) is 4.45. The Bertz CT molecular complexity index is 737.